The van der Waals surface area contributed by atoms with E-state index in [1.807, 2.05) is 0 Å². The fraction of sp³-hybridized carbons (Fsp3) is 0.667. The molecule has 0 spiro atoms. The van der Waals surface area contributed by atoms with Crippen molar-refractivity contribution in [2.45, 2.75) is 32.6 Å². The van der Waals surface area contributed by atoms with Gasteiger partial charge >= 0.3 is 0 Å². The average Bonchev–Trinajstić information content (AvgIpc) is 2.87. The molecule has 0 amide bonds. The predicted octanol–water partition coefficient (Wildman–Crippen LogP) is 1.89. The molecular formula is C12H26O3Ti. The molecule has 0 saturated carbocycles. The first-order valence-electron chi connectivity index (χ1n) is 5.12. The Morgan fingerprint density at radius 2 is 1.56 bits per heavy atom. The molecule has 0 aromatic rings. The fourth-order valence-corrected chi connectivity index (χ4v) is 1.08. The second-order valence-corrected chi connectivity index (χ2v) is 2.56. The zero-order valence-electron chi connectivity index (χ0n) is 10.9. The number of hydrogen-bond acceptors (Lipinski definition) is 3. The fourth-order valence-electron chi connectivity index (χ4n) is 1.08. The molecule has 0 unspecified atom stereocenters. The molecule has 0 atom stereocenters. The molecule has 0 saturated heterocycles. The third-order valence-electron chi connectivity index (χ3n) is 1.70. The van der Waals surface area contributed by atoms with E-state index in [0.717, 1.165) is 21.3 Å². The van der Waals surface area contributed by atoms with Gasteiger partial charge in [0.05, 0.1) is 0 Å². The SMILES string of the molecule is CCCCC1=CC=CC1.CO.CO.CO.[Ti]. The first kappa shape index (κ1) is 25.1. The minimum atomic E-state index is 0. The molecule has 0 radical (unpaired) electrons. The molecule has 4 heteroatoms. The largest absolute Gasteiger partial charge is 0.400 e. The number of unbranched alkanes of at least 4 members (excludes halogenated alkanes) is 1. The van der Waals surface area contributed by atoms with Gasteiger partial charge < -0.3 is 15.3 Å². The Morgan fingerprint density at radius 1 is 1.06 bits per heavy atom. The van der Waals surface area contributed by atoms with Crippen LogP contribution < -0.4 is 0 Å². The van der Waals surface area contributed by atoms with E-state index in [0.29, 0.717) is 0 Å². The van der Waals surface area contributed by atoms with Crippen molar-refractivity contribution in [2.75, 3.05) is 21.3 Å². The van der Waals surface area contributed by atoms with E-state index in [1.54, 1.807) is 5.57 Å². The molecule has 0 fully saturated rings. The van der Waals surface area contributed by atoms with Crippen LogP contribution >= 0.6 is 0 Å². The Bertz CT molecular complexity index is 145. The van der Waals surface area contributed by atoms with Gasteiger partial charge in [-0.2, -0.15) is 0 Å². The van der Waals surface area contributed by atoms with Crippen LogP contribution in [0.2, 0.25) is 0 Å². The predicted molar refractivity (Wildman–Crippen MR) is 65.8 cm³/mol. The van der Waals surface area contributed by atoms with E-state index in [2.05, 4.69) is 25.2 Å². The van der Waals surface area contributed by atoms with E-state index in [-0.39, 0.29) is 21.7 Å². The van der Waals surface area contributed by atoms with Crippen LogP contribution in [0.4, 0.5) is 0 Å². The monoisotopic (exact) mass is 266 g/mol. The summed E-state index contributed by atoms with van der Waals surface area (Å²) in [5.41, 5.74) is 1.61. The van der Waals surface area contributed by atoms with Crippen LogP contribution in [-0.2, 0) is 21.7 Å². The van der Waals surface area contributed by atoms with E-state index < -0.39 is 0 Å². The van der Waals surface area contributed by atoms with Crippen molar-refractivity contribution in [3.8, 4) is 0 Å². The second kappa shape index (κ2) is 29.4. The van der Waals surface area contributed by atoms with E-state index in [1.165, 1.54) is 25.7 Å². The molecule has 0 aliphatic heterocycles. The van der Waals surface area contributed by atoms with Crippen LogP contribution in [0.1, 0.15) is 32.6 Å². The van der Waals surface area contributed by atoms with E-state index in [4.69, 9.17) is 15.3 Å². The van der Waals surface area contributed by atoms with Crippen molar-refractivity contribution in [1.29, 1.82) is 0 Å². The molecule has 3 nitrogen and oxygen atoms in total. The first-order chi connectivity index (χ1) is 7.43. The van der Waals surface area contributed by atoms with Crippen molar-refractivity contribution >= 4 is 0 Å². The van der Waals surface area contributed by atoms with Gasteiger partial charge in [-0.05, 0) is 19.3 Å². The molecule has 16 heavy (non-hydrogen) atoms. The second-order valence-electron chi connectivity index (χ2n) is 2.56. The van der Waals surface area contributed by atoms with Crippen molar-refractivity contribution in [3.05, 3.63) is 23.8 Å². The van der Waals surface area contributed by atoms with Crippen molar-refractivity contribution in [3.63, 3.8) is 0 Å². The molecule has 96 valence electrons. The van der Waals surface area contributed by atoms with Gasteiger partial charge in [0.15, 0.2) is 0 Å². The van der Waals surface area contributed by atoms with Crippen LogP contribution in [0.5, 0.6) is 0 Å². The van der Waals surface area contributed by atoms with Gasteiger partial charge in [-0.15, -0.1) is 0 Å². The van der Waals surface area contributed by atoms with Gasteiger partial charge in [-0.3, -0.25) is 0 Å². The van der Waals surface area contributed by atoms with Gasteiger partial charge in [0.1, 0.15) is 0 Å². The maximum Gasteiger partial charge on any atom is 0.0319 e. The molecule has 0 aromatic heterocycles. The summed E-state index contributed by atoms with van der Waals surface area (Å²) in [7, 11) is 3.00. The van der Waals surface area contributed by atoms with Gasteiger partial charge in [-0.25, -0.2) is 0 Å². The summed E-state index contributed by atoms with van der Waals surface area (Å²) in [6, 6.07) is 0. The Balaban J connectivity index is -0.0000000900. The summed E-state index contributed by atoms with van der Waals surface area (Å²) in [5.74, 6) is 0. The molecular weight excluding hydrogens is 240 g/mol. The first-order valence-corrected chi connectivity index (χ1v) is 5.12. The Kier molecular flexibility index (Phi) is 46.1. The summed E-state index contributed by atoms with van der Waals surface area (Å²) >= 11 is 0. The van der Waals surface area contributed by atoms with Gasteiger partial charge in [-0.1, -0.05) is 37.1 Å². The quantitative estimate of drug-likeness (QED) is 0.683. The van der Waals surface area contributed by atoms with Gasteiger partial charge in [0.25, 0.3) is 0 Å². The smallest absolute Gasteiger partial charge is 0.0319 e. The molecule has 1 rings (SSSR count). The topological polar surface area (TPSA) is 60.7 Å². The summed E-state index contributed by atoms with van der Waals surface area (Å²) in [6.07, 6.45) is 11.8. The molecule has 1 aliphatic carbocycles. The van der Waals surface area contributed by atoms with Gasteiger partial charge in [0.2, 0.25) is 0 Å². The zero-order chi connectivity index (χ0) is 12.5. The molecule has 1 aliphatic rings. The molecule has 0 bridgehead atoms. The molecule has 0 aromatic carbocycles. The van der Waals surface area contributed by atoms with Gasteiger partial charge in [0, 0.05) is 43.0 Å². The number of hydrogen-bond donors (Lipinski definition) is 3. The number of rotatable bonds is 3. The van der Waals surface area contributed by atoms with Crippen LogP contribution in [0.3, 0.4) is 0 Å². The Hall–Kier alpha value is 0.0743. The normalized spacial score (nSPS) is 10.3. The standard InChI is InChI=1S/C9H14.3CH4O.Ti/c1-2-3-6-9-7-4-5-8-9;3*1-2;/h4-5,7H,2-3,6,8H2,1H3;3*2H,1H3;. The summed E-state index contributed by atoms with van der Waals surface area (Å²) in [4.78, 5) is 0. The van der Waals surface area contributed by atoms with Crippen molar-refractivity contribution in [1.82, 2.24) is 0 Å². The maximum absolute atomic E-state index is 7.00. The van der Waals surface area contributed by atoms with Crippen LogP contribution in [0.25, 0.3) is 0 Å². The third-order valence-corrected chi connectivity index (χ3v) is 1.70. The summed E-state index contributed by atoms with van der Waals surface area (Å²) in [5, 5.41) is 21.0. The minimum absolute atomic E-state index is 0. The van der Waals surface area contributed by atoms with Crippen LogP contribution in [0.15, 0.2) is 23.8 Å². The zero-order valence-corrected chi connectivity index (χ0v) is 12.5. The molecule has 0 heterocycles. The average molecular weight is 266 g/mol. The third kappa shape index (κ3) is 19.6. The number of aliphatic hydroxyl groups excluding tert-OH is 3. The molecule has 3 N–H and O–H groups in total. The minimum Gasteiger partial charge on any atom is -0.400 e. The van der Waals surface area contributed by atoms with Crippen molar-refractivity contribution in [2.24, 2.45) is 0 Å². The van der Waals surface area contributed by atoms with Crippen molar-refractivity contribution < 1.29 is 37.0 Å². The van der Waals surface area contributed by atoms with E-state index >= 15 is 0 Å². The number of allylic oxidation sites excluding steroid dienone is 4. The van der Waals surface area contributed by atoms with Crippen LogP contribution in [-0.4, -0.2) is 36.6 Å². The Morgan fingerprint density at radius 3 is 1.88 bits per heavy atom. The summed E-state index contributed by atoms with van der Waals surface area (Å²) < 4.78 is 0. The van der Waals surface area contributed by atoms with E-state index in [9.17, 15) is 0 Å². The van der Waals surface area contributed by atoms with Crippen LogP contribution in [0, 0.1) is 0 Å². The maximum atomic E-state index is 7.00. The number of aliphatic hydroxyl groups is 3. The Labute approximate surface area is 115 Å². The summed E-state index contributed by atoms with van der Waals surface area (Å²) in [6.45, 7) is 2.24.